The van der Waals surface area contributed by atoms with Crippen LogP contribution in [0.2, 0.25) is 0 Å². The van der Waals surface area contributed by atoms with Crippen molar-refractivity contribution in [3.63, 3.8) is 0 Å². The Morgan fingerprint density at radius 3 is 2.47 bits per heavy atom. The van der Waals surface area contributed by atoms with Gasteiger partial charge in [0.25, 0.3) is 21.9 Å². The number of amides is 2. The topological polar surface area (TPSA) is 116 Å². The highest BCUT2D eigenvalue weighted by Gasteiger charge is 2.53. The van der Waals surface area contributed by atoms with Gasteiger partial charge in [-0.2, -0.15) is 8.42 Å². The minimum absolute atomic E-state index is 0.127. The molecule has 9 nitrogen and oxygen atoms in total. The summed E-state index contributed by atoms with van der Waals surface area (Å²) in [5.74, 6) is -0.257. The van der Waals surface area contributed by atoms with Crippen molar-refractivity contribution in [2.75, 3.05) is 20.0 Å². The summed E-state index contributed by atoms with van der Waals surface area (Å²) in [7, 11) is -2.49. The van der Waals surface area contributed by atoms with Crippen molar-refractivity contribution < 1.29 is 36.6 Å². The largest absolute Gasteiger partial charge is 0.466 e. The molecule has 0 N–H and O–H groups in total. The van der Waals surface area contributed by atoms with E-state index >= 15 is 0 Å². The Hall–Kier alpha value is -1.78. The minimum Gasteiger partial charge on any atom is -0.466 e. The molecular formula is C20H29NO8S. The number of carbonyl (C=O) groups excluding carboxylic acids is 3. The fraction of sp³-hybridized carbons (Fsp3) is 0.750. The van der Waals surface area contributed by atoms with Gasteiger partial charge >= 0.3 is 5.97 Å². The summed E-state index contributed by atoms with van der Waals surface area (Å²) < 4.78 is 36.6. The van der Waals surface area contributed by atoms with Gasteiger partial charge in [-0.25, -0.2) is 0 Å². The molecule has 1 heterocycles. The van der Waals surface area contributed by atoms with Gasteiger partial charge in [0.2, 0.25) is 0 Å². The Morgan fingerprint density at radius 1 is 1.20 bits per heavy atom. The van der Waals surface area contributed by atoms with Crippen molar-refractivity contribution >= 4 is 27.9 Å². The lowest BCUT2D eigenvalue weighted by molar-refractivity contribution is -0.166. The van der Waals surface area contributed by atoms with Crippen molar-refractivity contribution in [2.45, 2.75) is 45.1 Å². The SMILES string of the molecule is CC(=O)OCC1CC2CCC1C2.COC1C=CCC2C(=O)N(OS(C)(=O)=O)C(=O)C12. The third-order valence-corrected chi connectivity index (χ3v) is 6.79. The molecule has 2 amide bonds. The second-order valence-electron chi connectivity index (χ2n) is 8.48. The number of hydrogen-bond donors (Lipinski definition) is 0. The third-order valence-electron chi connectivity index (χ3n) is 6.37. The number of carbonyl (C=O) groups is 3. The number of imide groups is 1. The molecule has 1 saturated heterocycles. The van der Waals surface area contributed by atoms with Gasteiger partial charge in [0.05, 0.1) is 30.8 Å². The van der Waals surface area contributed by atoms with E-state index in [1.54, 1.807) is 12.2 Å². The molecule has 6 unspecified atom stereocenters. The molecule has 0 spiro atoms. The molecule has 4 rings (SSSR count). The summed E-state index contributed by atoms with van der Waals surface area (Å²) in [6.07, 6.45) is 9.54. The van der Waals surface area contributed by atoms with Crippen LogP contribution in [-0.2, 0) is 38.3 Å². The number of hydrogen-bond acceptors (Lipinski definition) is 8. The summed E-state index contributed by atoms with van der Waals surface area (Å²) in [4.78, 5) is 34.5. The molecule has 0 aromatic heterocycles. The normalized spacial score (nSPS) is 34.6. The van der Waals surface area contributed by atoms with Crippen LogP contribution in [-0.4, -0.2) is 57.3 Å². The Balaban J connectivity index is 0.000000184. The van der Waals surface area contributed by atoms with Crippen molar-refractivity contribution in [3.05, 3.63) is 12.2 Å². The number of esters is 1. The molecule has 0 aromatic carbocycles. The monoisotopic (exact) mass is 443 g/mol. The van der Waals surface area contributed by atoms with Crippen LogP contribution in [0.3, 0.4) is 0 Å². The fourth-order valence-electron chi connectivity index (χ4n) is 5.06. The predicted octanol–water partition coefficient (Wildman–Crippen LogP) is 1.44. The number of nitrogens with zero attached hydrogens (tertiary/aromatic N) is 1. The molecular weight excluding hydrogens is 414 g/mol. The molecule has 6 atom stereocenters. The highest BCUT2D eigenvalue weighted by molar-refractivity contribution is 7.85. The highest BCUT2D eigenvalue weighted by Crippen LogP contribution is 2.48. The molecule has 0 radical (unpaired) electrons. The maximum atomic E-state index is 12.0. The van der Waals surface area contributed by atoms with E-state index in [0.29, 0.717) is 24.0 Å². The standard InChI is InChI=1S/C10H13NO6S.C10H16O2/c1-16-7-5-3-4-6-8(7)10(13)11(9(6)12)17-18(2,14)15;1-7(11)12-6-10-5-8-2-3-9(10)4-8/h3,5-8H,4H2,1-2H3;8-10H,2-6H2,1H3. The average Bonchev–Trinajstić information content (AvgIpc) is 3.37. The van der Waals surface area contributed by atoms with Crippen LogP contribution in [0.15, 0.2) is 12.2 Å². The summed E-state index contributed by atoms with van der Waals surface area (Å²) in [6, 6.07) is 0. The number of methoxy groups -OCH3 is 1. The van der Waals surface area contributed by atoms with Gasteiger partial charge in [-0.15, -0.1) is 9.35 Å². The van der Waals surface area contributed by atoms with E-state index in [2.05, 4.69) is 4.28 Å². The Morgan fingerprint density at radius 2 is 1.93 bits per heavy atom. The number of hydroxylamine groups is 2. The molecule has 4 aliphatic rings. The first kappa shape index (κ1) is 22.9. The fourth-order valence-corrected chi connectivity index (χ4v) is 5.47. The van der Waals surface area contributed by atoms with E-state index in [-0.39, 0.29) is 5.97 Å². The number of fused-ring (bicyclic) bond motifs is 3. The molecule has 10 heteroatoms. The minimum atomic E-state index is -3.92. The van der Waals surface area contributed by atoms with E-state index in [1.807, 2.05) is 0 Å². The van der Waals surface area contributed by atoms with Crippen LogP contribution in [0.25, 0.3) is 0 Å². The van der Waals surface area contributed by atoms with Crippen molar-refractivity contribution in [2.24, 2.45) is 29.6 Å². The first-order chi connectivity index (χ1) is 14.1. The van der Waals surface area contributed by atoms with Crippen molar-refractivity contribution in [1.82, 2.24) is 5.06 Å². The van der Waals surface area contributed by atoms with Crippen LogP contribution in [0, 0.1) is 29.6 Å². The lowest BCUT2D eigenvalue weighted by Crippen LogP contribution is -2.36. The molecule has 168 valence electrons. The van der Waals surface area contributed by atoms with E-state index in [0.717, 1.165) is 18.1 Å². The van der Waals surface area contributed by atoms with E-state index in [1.165, 1.54) is 39.7 Å². The maximum absolute atomic E-state index is 12.0. The quantitative estimate of drug-likeness (QED) is 0.356. The Labute approximate surface area is 176 Å². The van der Waals surface area contributed by atoms with Gasteiger partial charge in [-0.05, 0) is 43.4 Å². The van der Waals surface area contributed by atoms with Gasteiger partial charge in [0, 0.05) is 14.0 Å². The lowest BCUT2D eigenvalue weighted by atomic mass is 9.83. The number of rotatable bonds is 5. The zero-order chi connectivity index (χ0) is 22.1. The first-order valence-corrected chi connectivity index (χ1v) is 12.0. The smallest absolute Gasteiger partial charge is 0.302 e. The average molecular weight is 444 g/mol. The van der Waals surface area contributed by atoms with Crippen LogP contribution in [0.5, 0.6) is 0 Å². The zero-order valence-electron chi connectivity index (χ0n) is 17.5. The molecule has 30 heavy (non-hydrogen) atoms. The molecule has 2 bridgehead atoms. The molecule has 2 saturated carbocycles. The van der Waals surface area contributed by atoms with Gasteiger partial charge in [-0.1, -0.05) is 18.6 Å². The zero-order valence-corrected chi connectivity index (χ0v) is 18.3. The Bertz CT molecular complexity index is 823. The summed E-state index contributed by atoms with van der Waals surface area (Å²) in [5, 5.41) is 0.337. The highest BCUT2D eigenvalue weighted by atomic mass is 32.2. The summed E-state index contributed by atoms with van der Waals surface area (Å²) in [5.41, 5.74) is 0. The maximum Gasteiger partial charge on any atom is 0.302 e. The second kappa shape index (κ2) is 9.15. The van der Waals surface area contributed by atoms with Crippen LogP contribution >= 0.6 is 0 Å². The van der Waals surface area contributed by atoms with Crippen molar-refractivity contribution in [1.29, 1.82) is 0 Å². The van der Waals surface area contributed by atoms with Crippen LogP contribution in [0.4, 0.5) is 0 Å². The van der Waals surface area contributed by atoms with Gasteiger partial charge in [0.1, 0.15) is 0 Å². The second-order valence-corrected chi connectivity index (χ2v) is 10.0. The third kappa shape index (κ3) is 5.09. The van der Waals surface area contributed by atoms with E-state index in [4.69, 9.17) is 9.47 Å². The van der Waals surface area contributed by atoms with Gasteiger partial charge in [0.15, 0.2) is 0 Å². The van der Waals surface area contributed by atoms with Crippen LogP contribution < -0.4 is 0 Å². The van der Waals surface area contributed by atoms with Crippen molar-refractivity contribution in [3.8, 4) is 0 Å². The van der Waals surface area contributed by atoms with Crippen LogP contribution in [0.1, 0.15) is 39.0 Å². The number of ether oxygens (including phenoxy) is 2. The van der Waals surface area contributed by atoms with Gasteiger partial charge < -0.3 is 9.47 Å². The lowest BCUT2D eigenvalue weighted by Gasteiger charge is -2.24. The molecule has 0 aromatic rings. The van der Waals surface area contributed by atoms with Gasteiger partial charge in [-0.3, -0.25) is 14.4 Å². The summed E-state index contributed by atoms with van der Waals surface area (Å²) >= 11 is 0. The van der Waals surface area contributed by atoms with E-state index in [9.17, 15) is 22.8 Å². The first-order valence-electron chi connectivity index (χ1n) is 10.2. The molecule has 3 fully saturated rings. The molecule has 1 aliphatic heterocycles. The number of allylic oxidation sites excluding steroid dienone is 1. The molecule has 3 aliphatic carbocycles. The summed E-state index contributed by atoms with van der Waals surface area (Å²) in [6.45, 7) is 2.17. The Kier molecular flexibility index (Phi) is 6.98. The predicted molar refractivity (Wildman–Crippen MR) is 105 cm³/mol. The van der Waals surface area contributed by atoms with E-state index < -0.39 is 39.9 Å².